The molecular formula is C18H11Cl3O3S. The van der Waals surface area contributed by atoms with Crippen LogP contribution in [0.15, 0.2) is 53.0 Å². The minimum atomic E-state index is -0.123. The molecule has 0 fully saturated rings. The zero-order valence-corrected chi connectivity index (χ0v) is 15.8. The molecule has 128 valence electrons. The van der Waals surface area contributed by atoms with Crippen LogP contribution >= 0.6 is 46.1 Å². The smallest absolute Gasteiger partial charge is 0.195 e. The maximum absolute atomic E-state index is 12.0. The highest BCUT2D eigenvalue weighted by molar-refractivity contribution is 7.18. The number of hydrogen-bond donors (Lipinski definition) is 0. The molecule has 0 bridgehead atoms. The summed E-state index contributed by atoms with van der Waals surface area (Å²) in [7, 11) is 0. The van der Waals surface area contributed by atoms with Gasteiger partial charge < -0.3 is 9.15 Å². The first kappa shape index (κ1) is 18.1. The number of carbonyl (C=O) groups excluding carboxylic acids is 1. The van der Waals surface area contributed by atoms with Gasteiger partial charge in [-0.05, 0) is 48.6 Å². The Kier molecular flexibility index (Phi) is 5.86. The molecule has 1 aromatic carbocycles. The number of furan rings is 1. The van der Waals surface area contributed by atoms with Gasteiger partial charge in [0.05, 0.1) is 19.3 Å². The third-order valence-electron chi connectivity index (χ3n) is 3.17. The lowest BCUT2D eigenvalue weighted by Crippen LogP contribution is -1.93. The summed E-state index contributed by atoms with van der Waals surface area (Å²) >= 11 is 18.9. The van der Waals surface area contributed by atoms with Crippen molar-refractivity contribution in [2.75, 3.05) is 0 Å². The van der Waals surface area contributed by atoms with Gasteiger partial charge in [0, 0.05) is 6.07 Å². The molecule has 3 rings (SSSR count). The number of halogens is 3. The van der Waals surface area contributed by atoms with Gasteiger partial charge in [0.25, 0.3) is 0 Å². The van der Waals surface area contributed by atoms with E-state index in [9.17, 15) is 4.79 Å². The van der Waals surface area contributed by atoms with Crippen molar-refractivity contribution in [2.24, 2.45) is 0 Å². The number of thiophene rings is 1. The quantitative estimate of drug-likeness (QED) is 0.330. The fourth-order valence-electron chi connectivity index (χ4n) is 1.97. The molecule has 2 aromatic heterocycles. The normalized spacial score (nSPS) is 11.2. The summed E-state index contributed by atoms with van der Waals surface area (Å²) in [4.78, 5) is 12.6. The molecule has 3 aromatic rings. The fourth-order valence-corrected chi connectivity index (χ4v) is 3.22. The van der Waals surface area contributed by atoms with Crippen LogP contribution in [-0.4, -0.2) is 5.78 Å². The zero-order valence-electron chi connectivity index (χ0n) is 12.7. The predicted molar refractivity (Wildman–Crippen MR) is 102 cm³/mol. The molecule has 0 aliphatic heterocycles. The van der Waals surface area contributed by atoms with Gasteiger partial charge in [-0.1, -0.05) is 34.8 Å². The number of hydrogen-bond acceptors (Lipinski definition) is 4. The third-order valence-corrected chi connectivity index (χ3v) is 5.15. The fraction of sp³-hybridized carbons (Fsp3) is 0.0556. The molecule has 0 atom stereocenters. The molecule has 0 amide bonds. The van der Waals surface area contributed by atoms with Crippen molar-refractivity contribution in [3.05, 3.63) is 79.3 Å². The van der Waals surface area contributed by atoms with Gasteiger partial charge in [-0.25, -0.2) is 0 Å². The van der Waals surface area contributed by atoms with E-state index in [1.165, 1.54) is 17.4 Å². The average Bonchev–Trinajstić information content (AvgIpc) is 3.23. The van der Waals surface area contributed by atoms with Crippen molar-refractivity contribution < 1.29 is 13.9 Å². The van der Waals surface area contributed by atoms with E-state index in [1.54, 1.807) is 48.5 Å². The second kappa shape index (κ2) is 8.11. The molecule has 25 heavy (non-hydrogen) atoms. The lowest BCUT2D eigenvalue weighted by atomic mass is 10.3. The number of rotatable bonds is 6. The lowest BCUT2D eigenvalue weighted by Gasteiger charge is -2.05. The van der Waals surface area contributed by atoms with Crippen LogP contribution in [0.2, 0.25) is 14.4 Å². The SMILES string of the molecule is O=C(/C=C/c1ccc(COc2ccc(Cl)c(Cl)c2)o1)c1ccc(Cl)s1. The second-order valence-corrected chi connectivity index (χ2v) is 7.50. The summed E-state index contributed by atoms with van der Waals surface area (Å²) < 4.78 is 11.8. The van der Waals surface area contributed by atoms with E-state index in [2.05, 4.69) is 0 Å². The number of ether oxygens (including phenoxy) is 1. The van der Waals surface area contributed by atoms with Crippen LogP contribution in [-0.2, 0) is 6.61 Å². The van der Waals surface area contributed by atoms with Crippen LogP contribution in [0, 0.1) is 0 Å². The summed E-state index contributed by atoms with van der Waals surface area (Å²) in [5.41, 5.74) is 0. The summed E-state index contributed by atoms with van der Waals surface area (Å²) in [5.74, 6) is 1.65. The van der Waals surface area contributed by atoms with Gasteiger partial charge in [-0.2, -0.15) is 0 Å². The Labute approximate surface area is 163 Å². The standard InChI is InChI=1S/C18H11Cl3O3S/c19-14-5-3-12(9-15(14)20)23-10-13-2-1-11(24-13)4-6-16(22)17-7-8-18(21)25-17/h1-9H,10H2/b6-4+. The van der Waals surface area contributed by atoms with Crippen molar-refractivity contribution in [3.8, 4) is 5.75 Å². The van der Waals surface area contributed by atoms with E-state index < -0.39 is 0 Å². The minimum Gasteiger partial charge on any atom is -0.486 e. The molecule has 0 aliphatic rings. The van der Waals surface area contributed by atoms with Gasteiger partial charge >= 0.3 is 0 Å². The van der Waals surface area contributed by atoms with Crippen molar-refractivity contribution >= 4 is 58.0 Å². The van der Waals surface area contributed by atoms with Gasteiger partial charge in [-0.3, -0.25) is 4.79 Å². The maximum atomic E-state index is 12.0. The van der Waals surface area contributed by atoms with Crippen LogP contribution in [0.4, 0.5) is 0 Å². The van der Waals surface area contributed by atoms with E-state index in [0.29, 0.717) is 36.5 Å². The summed E-state index contributed by atoms with van der Waals surface area (Å²) in [6.45, 7) is 0.236. The lowest BCUT2D eigenvalue weighted by molar-refractivity contribution is 0.105. The largest absolute Gasteiger partial charge is 0.486 e. The molecule has 7 heteroatoms. The van der Waals surface area contributed by atoms with Crippen LogP contribution < -0.4 is 4.74 Å². The number of allylic oxidation sites excluding steroid dienone is 1. The van der Waals surface area contributed by atoms with Gasteiger partial charge in [0.15, 0.2) is 5.78 Å². The van der Waals surface area contributed by atoms with Crippen molar-refractivity contribution in [1.82, 2.24) is 0 Å². The minimum absolute atomic E-state index is 0.123. The molecule has 0 spiro atoms. The van der Waals surface area contributed by atoms with Crippen molar-refractivity contribution in [2.45, 2.75) is 6.61 Å². The molecule has 0 aliphatic carbocycles. The predicted octanol–water partition coefficient (Wildman–Crippen LogP) is 6.78. The van der Waals surface area contributed by atoms with Crippen LogP contribution in [0.3, 0.4) is 0 Å². The summed E-state index contributed by atoms with van der Waals surface area (Å²) in [6.07, 6.45) is 3.06. The van der Waals surface area contributed by atoms with Crippen LogP contribution in [0.25, 0.3) is 6.08 Å². The molecule has 2 heterocycles. The van der Waals surface area contributed by atoms with E-state index in [0.717, 1.165) is 0 Å². The molecule has 0 radical (unpaired) electrons. The highest BCUT2D eigenvalue weighted by atomic mass is 35.5. The Morgan fingerprint density at radius 3 is 2.64 bits per heavy atom. The van der Waals surface area contributed by atoms with Crippen LogP contribution in [0.5, 0.6) is 5.75 Å². The Balaban J connectivity index is 1.59. The van der Waals surface area contributed by atoms with E-state index >= 15 is 0 Å². The van der Waals surface area contributed by atoms with Gasteiger partial charge in [0.1, 0.15) is 23.9 Å². The van der Waals surface area contributed by atoms with E-state index in [1.807, 2.05) is 0 Å². The zero-order chi connectivity index (χ0) is 17.8. The van der Waals surface area contributed by atoms with E-state index in [-0.39, 0.29) is 12.4 Å². The molecule has 3 nitrogen and oxygen atoms in total. The van der Waals surface area contributed by atoms with Gasteiger partial charge in [-0.15, -0.1) is 11.3 Å². The Bertz CT molecular complexity index is 927. The molecule has 0 unspecified atom stereocenters. The van der Waals surface area contributed by atoms with Crippen molar-refractivity contribution in [3.63, 3.8) is 0 Å². The Morgan fingerprint density at radius 2 is 1.92 bits per heavy atom. The topological polar surface area (TPSA) is 39.4 Å². The number of carbonyl (C=O) groups is 1. The maximum Gasteiger partial charge on any atom is 0.195 e. The first-order chi connectivity index (χ1) is 12.0. The molecule has 0 N–H and O–H groups in total. The molecular weight excluding hydrogens is 403 g/mol. The van der Waals surface area contributed by atoms with Crippen molar-refractivity contribution in [1.29, 1.82) is 0 Å². The Hall–Kier alpha value is -1.72. The monoisotopic (exact) mass is 412 g/mol. The average molecular weight is 414 g/mol. The third kappa shape index (κ3) is 4.89. The number of ketones is 1. The van der Waals surface area contributed by atoms with Crippen LogP contribution in [0.1, 0.15) is 21.2 Å². The molecule has 0 saturated carbocycles. The molecule has 0 saturated heterocycles. The highest BCUT2D eigenvalue weighted by Gasteiger charge is 2.07. The Morgan fingerprint density at radius 1 is 1.08 bits per heavy atom. The van der Waals surface area contributed by atoms with Gasteiger partial charge in [0.2, 0.25) is 0 Å². The summed E-state index contributed by atoms with van der Waals surface area (Å²) in [5, 5.41) is 0.894. The second-order valence-electron chi connectivity index (χ2n) is 4.97. The summed E-state index contributed by atoms with van der Waals surface area (Å²) in [6, 6.07) is 12.0. The highest BCUT2D eigenvalue weighted by Crippen LogP contribution is 2.27. The number of benzene rings is 1. The van der Waals surface area contributed by atoms with E-state index in [4.69, 9.17) is 44.0 Å². The first-order valence-electron chi connectivity index (χ1n) is 7.15. The first-order valence-corrected chi connectivity index (χ1v) is 9.10.